The van der Waals surface area contributed by atoms with Gasteiger partial charge in [0.25, 0.3) is 5.56 Å². The minimum atomic E-state index is -1.27. The van der Waals surface area contributed by atoms with Gasteiger partial charge in [0, 0.05) is 38.8 Å². The van der Waals surface area contributed by atoms with Crippen molar-refractivity contribution < 1.29 is 19.4 Å². The quantitative estimate of drug-likeness (QED) is 0.531. The Balaban J connectivity index is 1.18. The molecule has 2 aliphatic heterocycles. The van der Waals surface area contributed by atoms with Crippen molar-refractivity contribution in [3.63, 3.8) is 0 Å². The number of amides is 1. The van der Waals surface area contributed by atoms with Crippen LogP contribution in [0.3, 0.4) is 0 Å². The number of piperidine rings is 1. The number of aromatic amines is 1. The van der Waals surface area contributed by atoms with E-state index in [0.29, 0.717) is 32.4 Å². The van der Waals surface area contributed by atoms with E-state index in [4.69, 9.17) is 9.47 Å². The molecule has 0 saturated carbocycles. The van der Waals surface area contributed by atoms with E-state index >= 15 is 0 Å². The fourth-order valence-corrected chi connectivity index (χ4v) is 5.25. The lowest BCUT2D eigenvalue weighted by Crippen LogP contribution is -2.59. The van der Waals surface area contributed by atoms with Gasteiger partial charge in [0.05, 0.1) is 29.3 Å². The van der Waals surface area contributed by atoms with Crippen molar-refractivity contribution in [1.82, 2.24) is 24.0 Å². The molecule has 1 amide bonds. The Morgan fingerprint density at radius 1 is 1.25 bits per heavy atom. The Hall–Kier alpha value is -3.28. The molecule has 5 rings (SSSR count). The normalized spacial score (nSPS) is 23.9. The summed E-state index contributed by atoms with van der Waals surface area (Å²) in [6.07, 6.45) is 2.97. The van der Waals surface area contributed by atoms with Crippen LogP contribution in [0.1, 0.15) is 38.1 Å². The molecule has 0 bridgehead atoms. The zero-order valence-electron chi connectivity index (χ0n) is 20.5. The summed E-state index contributed by atoms with van der Waals surface area (Å²) in [6, 6.07) is 8.54. The van der Waals surface area contributed by atoms with E-state index < -0.39 is 28.5 Å². The Bertz CT molecular complexity index is 1380. The Morgan fingerprint density at radius 2 is 2.00 bits per heavy atom. The summed E-state index contributed by atoms with van der Waals surface area (Å²) < 4.78 is 15.2. The Labute approximate surface area is 207 Å². The van der Waals surface area contributed by atoms with Gasteiger partial charge in [0.15, 0.2) is 0 Å². The van der Waals surface area contributed by atoms with Crippen molar-refractivity contribution in [3.05, 3.63) is 63.2 Å². The number of imidazole rings is 1. The summed E-state index contributed by atoms with van der Waals surface area (Å²) in [4.78, 5) is 45.3. The van der Waals surface area contributed by atoms with E-state index in [1.165, 1.54) is 16.8 Å². The summed E-state index contributed by atoms with van der Waals surface area (Å²) in [7, 11) is 1.93. The molecular formula is C25H31N5O6. The van der Waals surface area contributed by atoms with Gasteiger partial charge in [0.1, 0.15) is 24.6 Å². The first-order valence-electron chi connectivity index (χ1n) is 12.1. The second-order valence-electron chi connectivity index (χ2n) is 10.0. The van der Waals surface area contributed by atoms with Crippen LogP contribution < -0.4 is 11.2 Å². The first kappa shape index (κ1) is 24.4. The summed E-state index contributed by atoms with van der Waals surface area (Å²) >= 11 is 0. The van der Waals surface area contributed by atoms with Gasteiger partial charge >= 0.3 is 5.69 Å². The van der Waals surface area contributed by atoms with Crippen molar-refractivity contribution in [3.8, 4) is 0 Å². The lowest BCUT2D eigenvalue weighted by atomic mass is 9.77. The molecule has 2 atom stereocenters. The molecule has 2 N–H and O–H groups in total. The molecule has 1 spiro atoms. The highest BCUT2D eigenvalue weighted by atomic mass is 16.5. The molecule has 2 aromatic heterocycles. The molecule has 0 unspecified atom stereocenters. The molecule has 0 radical (unpaired) electrons. The number of aliphatic hydroxyl groups is 1. The summed E-state index contributed by atoms with van der Waals surface area (Å²) in [5.41, 5.74) is -0.979. The molecule has 36 heavy (non-hydrogen) atoms. The molecule has 3 aromatic rings. The molecular weight excluding hydrogens is 466 g/mol. The van der Waals surface area contributed by atoms with Gasteiger partial charge in [-0.15, -0.1) is 0 Å². The average molecular weight is 498 g/mol. The van der Waals surface area contributed by atoms with Crippen LogP contribution in [0.4, 0.5) is 0 Å². The maximum atomic E-state index is 12.8. The number of hydrogen-bond acceptors (Lipinski definition) is 7. The summed E-state index contributed by atoms with van der Waals surface area (Å²) in [5, 5.41) is 10.9. The molecule has 1 aromatic carbocycles. The smallest absolute Gasteiger partial charge is 0.328 e. The number of aryl methyl sites for hydroxylation is 1. The van der Waals surface area contributed by atoms with Gasteiger partial charge < -0.3 is 24.0 Å². The molecule has 2 saturated heterocycles. The van der Waals surface area contributed by atoms with Gasteiger partial charge in [-0.1, -0.05) is 12.1 Å². The summed E-state index contributed by atoms with van der Waals surface area (Å²) in [6.45, 7) is 2.86. The second-order valence-corrected chi connectivity index (χ2v) is 10.0. The van der Waals surface area contributed by atoms with Gasteiger partial charge in [-0.3, -0.25) is 19.1 Å². The number of benzene rings is 1. The highest BCUT2D eigenvalue weighted by Crippen LogP contribution is 2.43. The predicted octanol–water partition coefficient (Wildman–Crippen LogP) is 0.714. The van der Waals surface area contributed by atoms with Crippen molar-refractivity contribution in [2.45, 2.75) is 50.0 Å². The Kier molecular flexibility index (Phi) is 6.31. The van der Waals surface area contributed by atoms with Crippen LogP contribution in [-0.2, 0) is 27.9 Å². The number of carbonyl (C=O) groups excluding carboxylic acids is 1. The van der Waals surface area contributed by atoms with Crippen LogP contribution in [0.2, 0.25) is 0 Å². The van der Waals surface area contributed by atoms with Gasteiger partial charge in [-0.25, -0.2) is 9.78 Å². The third kappa shape index (κ3) is 4.61. The van der Waals surface area contributed by atoms with Crippen LogP contribution in [-0.4, -0.2) is 72.5 Å². The first-order chi connectivity index (χ1) is 17.2. The standard InChI is InChI=1S/C25H31N5O6/c1-24(34)16-36-25(13-19(24)30-10-7-21(31)27-23(30)33)8-11-29(12-9-25)22(32)15-35-14-20-26-17-5-3-4-6-18(17)28(20)2/h3-7,10,19,34H,8-9,11-16H2,1-2H3,(H,27,31,33)/t19-,24-/m0/s1. The summed E-state index contributed by atoms with van der Waals surface area (Å²) in [5.74, 6) is 0.660. The minimum absolute atomic E-state index is 0.0405. The molecule has 0 aliphatic carbocycles. The number of rotatable bonds is 5. The van der Waals surface area contributed by atoms with Gasteiger partial charge in [0.2, 0.25) is 5.91 Å². The topological polar surface area (TPSA) is 132 Å². The highest BCUT2D eigenvalue weighted by molar-refractivity contribution is 5.77. The maximum absolute atomic E-state index is 12.8. The average Bonchev–Trinajstić information content (AvgIpc) is 3.17. The van der Waals surface area contributed by atoms with E-state index in [-0.39, 0.29) is 25.7 Å². The number of aromatic nitrogens is 4. The van der Waals surface area contributed by atoms with Crippen LogP contribution in [0.25, 0.3) is 11.0 Å². The Morgan fingerprint density at radius 3 is 2.72 bits per heavy atom. The van der Waals surface area contributed by atoms with Crippen molar-refractivity contribution >= 4 is 16.9 Å². The number of para-hydroxylation sites is 2. The molecule has 4 heterocycles. The fourth-order valence-electron chi connectivity index (χ4n) is 5.25. The highest BCUT2D eigenvalue weighted by Gasteiger charge is 2.49. The largest absolute Gasteiger partial charge is 0.386 e. The minimum Gasteiger partial charge on any atom is -0.386 e. The number of ether oxygens (including phenoxy) is 2. The SMILES string of the molecule is Cn1c(COCC(=O)N2CCC3(CC2)C[C@H](n2ccc(=O)[nH]c2=O)[C@@](C)(O)CO3)nc2ccccc21. The van der Waals surface area contributed by atoms with E-state index in [1.54, 1.807) is 11.8 Å². The molecule has 2 aliphatic rings. The number of fused-ring (bicyclic) bond motifs is 1. The molecule has 11 nitrogen and oxygen atoms in total. The third-order valence-corrected chi connectivity index (χ3v) is 7.50. The number of H-pyrrole nitrogens is 1. The van der Waals surface area contributed by atoms with E-state index in [2.05, 4.69) is 9.97 Å². The number of nitrogens with one attached hydrogen (secondary N) is 1. The first-order valence-corrected chi connectivity index (χ1v) is 12.1. The second kappa shape index (κ2) is 9.30. The molecule has 2 fully saturated rings. The van der Waals surface area contributed by atoms with Crippen LogP contribution in [0.5, 0.6) is 0 Å². The van der Waals surface area contributed by atoms with Crippen LogP contribution in [0, 0.1) is 0 Å². The lowest BCUT2D eigenvalue weighted by molar-refractivity contribution is -0.202. The monoisotopic (exact) mass is 497 g/mol. The zero-order valence-corrected chi connectivity index (χ0v) is 20.5. The van der Waals surface area contributed by atoms with Crippen LogP contribution >= 0.6 is 0 Å². The maximum Gasteiger partial charge on any atom is 0.328 e. The van der Waals surface area contributed by atoms with Crippen LogP contribution in [0.15, 0.2) is 46.1 Å². The number of hydrogen-bond donors (Lipinski definition) is 2. The predicted molar refractivity (Wildman–Crippen MR) is 130 cm³/mol. The van der Waals surface area contributed by atoms with Gasteiger partial charge in [-0.05, 0) is 31.9 Å². The third-order valence-electron chi connectivity index (χ3n) is 7.50. The number of nitrogens with zero attached hydrogens (tertiary/aromatic N) is 4. The number of likely N-dealkylation sites (tertiary alicyclic amines) is 1. The van der Waals surface area contributed by atoms with Crippen molar-refractivity contribution in [2.75, 3.05) is 26.3 Å². The fraction of sp³-hybridized carbons (Fsp3) is 0.520. The molecule has 192 valence electrons. The van der Waals surface area contributed by atoms with E-state index in [9.17, 15) is 19.5 Å². The van der Waals surface area contributed by atoms with Crippen molar-refractivity contribution in [1.29, 1.82) is 0 Å². The van der Waals surface area contributed by atoms with E-state index in [0.717, 1.165) is 16.9 Å². The van der Waals surface area contributed by atoms with Crippen molar-refractivity contribution in [2.24, 2.45) is 7.05 Å². The van der Waals surface area contributed by atoms with Gasteiger partial charge in [-0.2, -0.15) is 0 Å². The van der Waals surface area contributed by atoms with E-state index in [1.807, 2.05) is 35.9 Å². The number of carbonyl (C=O) groups is 1. The zero-order chi connectivity index (χ0) is 25.5. The molecule has 11 heteroatoms. The lowest BCUT2D eigenvalue weighted by Gasteiger charge is -2.51.